The third kappa shape index (κ3) is 1.61. The van der Waals surface area contributed by atoms with Gasteiger partial charge in [-0.2, -0.15) is 0 Å². The molecule has 0 radical (unpaired) electrons. The Morgan fingerprint density at radius 3 is 2.60 bits per heavy atom. The number of benzene rings is 1. The summed E-state index contributed by atoms with van der Waals surface area (Å²) >= 11 is 0. The number of nitrogens with two attached hydrogens (primary N) is 1. The summed E-state index contributed by atoms with van der Waals surface area (Å²) in [5.74, 6) is 0.0794. The van der Waals surface area contributed by atoms with E-state index in [1.54, 1.807) is 6.07 Å². The molecule has 1 aromatic rings. The molecule has 0 saturated heterocycles. The molecular weight excluding hydrogens is 193 g/mol. The Kier molecular flexibility index (Phi) is 2.43. The van der Waals surface area contributed by atoms with Crippen molar-refractivity contribution in [2.45, 2.75) is 25.2 Å². The average molecular weight is 209 g/mol. The molecule has 1 saturated carbocycles. The molecule has 1 fully saturated rings. The largest absolute Gasteiger partial charge is 0.494 e. The fraction of sp³-hybridized carbons (Fsp3) is 0.500. The Hall–Kier alpha value is -1.09. The molecule has 1 aliphatic carbocycles. The van der Waals surface area contributed by atoms with Crippen LogP contribution in [0.15, 0.2) is 12.1 Å². The van der Waals surface area contributed by atoms with Crippen molar-refractivity contribution < 1.29 is 9.13 Å². The Labute approximate surface area is 89.2 Å². The number of hydrogen-bond acceptors (Lipinski definition) is 2. The van der Waals surface area contributed by atoms with Crippen LogP contribution in [0.3, 0.4) is 0 Å². The van der Waals surface area contributed by atoms with Gasteiger partial charge in [0.05, 0.1) is 7.11 Å². The van der Waals surface area contributed by atoms with Crippen molar-refractivity contribution >= 4 is 0 Å². The van der Waals surface area contributed by atoms with Gasteiger partial charge in [-0.1, -0.05) is 6.07 Å². The second-order valence-corrected chi connectivity index (χ2v) is 4.31. The molecule has 0 aromatic heterocycles. The normalized spacial score (nSPS) is 17.6. The van der Waals surface area contributed by atoms with Crippen molar-refractivity contribution in [3.8, 4) is 5.75 Å². The smallest absolute Gasteiger partial charge is 0.168 e. The van der Waals surface area contributed by atoms with Gasteiger partial charge in [-0.15, -0.1) is 0 Å². The minimum Gasteiger partial charge on any atom is -0.494 e. The van der Waals surface area contributed by atoms with E-state index in [2.05, 4.69) is 0 Å². The SMILES string of the molecule is COc1cc(C)cc(C2(CN)CC2)c1F. The van der Waals surface area contributed by atoms with Crippen LogP contribution in [0.4, 0.5) is 4.39 Å². The quantitative estimate of drug-likeness (QED) is 0.827. The van der Waals surface area contributed by atoms with Crippen molar-refractivity contribution in [1.82, 2.24) is 0 Å². The molecule has 2 rings (SSSR count). The van der Waals surface area contributed by atoms with Gasteiger partial charge in [0.25, 0.3) is 0 Å². The van der Waals surface area contributed by atoms with E-state index in [1.807, 2.05) is 13.0 Å². The Morgan fingerprint density at radius 1 is 1.47 bits per heavy atom. The molecule has 0 amide bonds. The van der Waals surface area contributed by atoms with Crippen LogP contribution in [0.25, 0.3) is 0 Å². The monoisotopic (exact) mass is 209 g/mol. The van der Waals surface area contributed by atoms with Gasteiger partial charge >= 0.3 is 0 Å². The average Bonchev–Trinajstić information content (AvgIpc) is 3.01. The second kappa shape index (κ2) is 3.49. The molecule has 3 heteroatoms. The molecular formula is C12H16FNO. The summed E-state index contributed by atoms with van der Waals surface area (Å²) in [5, 5.41) is 0. The zero-order chi connectivity index (χ0) is 11.1. The molecule has 1 aliphatic rings. The maximum absolute atomic E-state index is 14.0. The highest BCUT2D eigenvalue weighted by Crippen LogP contribution is 2.49. The maximum Gasteiger partial charge on any atom is 0.168 e. The van der Waals surface area contributed by atoms with Crippen molar-refractivity contribution in [2.75, 3.05) is 13.7 Å². The summed E-state index contributed by atoms with van der Waals surface area (Å²) in [6, 6.07) is 3.60. The molecule has 0 bridgehead atoms. The highest BCUT2D eigenvalue weighted by molar-refractivity contribution is 5.43. The van der Waals surface area contributed by atoms with Gasteiger partial charge in [-0.05, 0) is 37.0 Å². The molecule has 15 heavy (non-hydrogen) atoms. The number of methoxy groups -OCH3 is 1. The van der Waals surface area contributed by atoms with Crippen molar-refractivity contribution in [3.05, 3.63) is 29.1 Å². The number of hydrogen-bond donors (Lipinski definition) is 1. The van der Waals surface area contributed by atoms with Crippen LogP contribution >= 0.6 is 0 Å². The van der Waals surface area contributed by atoms with E-state index in [1.165, 1.54) is 7.11 Å². The van der Waals surface area contributed by atoms with E-state index >= 15 is 0 Å². The van der Waals surface area contributed by atoms with Crippen LogP contribution in [-0.2, 0) is 5.41 Å². The summed E-state index contributed by atoms with van der Waals surface area (Å²) in [6.07, 6.45) is 1.96. The molecule has 0 unspecified atom stereocenters. The first kappa shape index (κ1) is 10.4. The standard InChI is InChI=1S/C12H16FNO/c1-8-5-9(12(7-14)3-4-12)11(13)10(6-8)15-2/h5-6H,3-4,7,14H2,1-2H3. The molecule has 0 spiro atoms. The van der Waals surface area contributed by atoms with Gasteiger partial charge in [0, 0.05) is 12.0 Å². The summed E-state index contributed by atoms with van der Waals surface area (Å²) in [6.45, 7) is 2.45. The second-order valence-electron chi connectivity index (χ2n) is 4.31. The number of rotatable bonds is 3. The number of halogens is 1. The van der Waals surface area contributed by atoms with E-state index in [9.17, 15) is 4.39 Å². The zero-order valence-electron chi connectivity index (χ0n) is 9.14. The van der Waals surface area contributed by atoms with Crippen LogP contribution in [-0.4, -0.2) is 13.7 Å². The van der Waals surface area contributed by atoms with Crippen LogP contribution in [0.5, 0.6) is 5.75 Å². The van der Waals surface area contributed by atoms with E-state index in [4.69, 9.17) is 10.5 Å². The van der Waals surface area contributed by atoms with E-state index in [0.29, 0.717) is 12.3 Å². The van der Waals surface area contributed by atoms with Gasteiger partial charge < -0.3 is 10.5 Å². The van der Waals surface area contributed by atoms with Crippen molar-refractivity contribution in [3.63, 3.8) is 0 Å². The molecule has 0 atom stereocenters. The fourth-order valence-corrected chi connectivity index (χ4v) is 2.00. The molecule has 82 valence electrons. The highest BCUT2D eigenvalue weighted by Gasteiger charge is 2.45. The lowest BCUT2D eigenvalue weighted by Gasteiger charge is -2.16. The van der Waals surface area contributed by atoms with Gasteiger partial charge in [0.15, 0.2) is 11.6 Å². The lowest BCUT2D eigenvalue weighted by atomic mass is 9.93. The topological polar surface area (TPSA) is 35.2 Å². The Bertz CT molecular complexity index is 385. The minimum atomic E-state index is -0.244. The van der Waals surface area contributed by atoms with Crippen LogP contribution in [0.2, 0.25) is 0 Å². The van der Waals surface area contributed by atoms with Gasteiger partial charge in [0.1, 0.15) is 0 Å². The summed E-state index contributed by atoms with van der Waals surface area (Å²) in [4.78, 5) is 0. The zero-order valence-corrected chi connectivity index (χ0v) is 9.14. The molecule has 0 heterocycles. The van der Waals surface area contributed by atoms with Gasteiger partial charge in [-0.25, -0.2) is 4.39 Å². The number of aryl methyl sites for hydroxylation is 1. The molecule has 2 N–H and O–H groups in total. The molecule has 1 aromatic carbocycles. The first-order valence-corrected chi connectivity index (χ1v) is 5.17. The van der Waals surface area contributed by atoms with Crippen molar-refractivity contribution in [1.29, 1.82) is 0 Å². The Balaban J connectivity index is 2.51. The fourth-order valence-electron chi connectivity index (χ4n) is 2.00. The summed E-state index contributed by atoms with van der Waals surface area (Å²) in [7, 11) is 1.49. The maximum atomic E-state index is 14.0. The predicted molar refractivity (Wildman–Crippen MR) is 57.7 cm³/mol. The van der Waals surface area contributed by atoms with E-state index in [0.717, 1.165) is 24.0 Å². The Morgan fingerprint density at radius 2 is 2.13 bits per heavy atom. The lowest BCUT2D eigenvalue weighted by Crippen LogP contribution is -2.21. The summed E-state index contributed by atoms with van der Waals surface area (Å²) < 4.78 is 19.0. The van der Waals surface area contributed by atoms with Crippen LogP contribution in [0.1, 0.15) is 24.0 Å². The lowest BCUT2D eigenvalue weighted by molar-refractivity contribution is 0.381. The van der Waals surface area contributed by atoms with Gasteiger partial charge in [-0.3, -0.25) is 0 Å². The number of ether oxygens (including phenoxy) is 1. The third-order valence-electron chi connectivity index (χ3n) is 3.22. The van der Waals surface area contributed by atoms with Crippen molar-refractivity contribution in [2.24, 2.45) is 5.73 Å². The minimum absolute atomic E-state index is 0.122. The van der Waals surface area contributed by atoms with E-state index < -0.39 is 0 Å². The summed E-state index contributed by atoms with van der Waals surface area (Å²) in [5.41, 5.74) is 7.32. The van der Waals surface area contributed by atoms with E-state index in [-0.39, 0.29) is 11.2 Å². The highest BCUT2D eigenvalue weighted by atomic mass is 19.1. The molecule has 2 nitrogen and oxygen atoms in total. The first-order valence-electron chi connectivity index (χ1n) is 5.17. The predicted octanol–water partition coefficient (Wildman–Crippen LogP) is 2.13. The van der Waals surface area contributed by atoms with Crippen LogP contribution in [0, 0.1) is 12.7 Å². The third-order valence-corrected chi connectivity index (χ3v) is 3.22. The first-order chi connectivity index (χ1) is 7.13. The molecule has 0 aliphatic heterocycles. The van der Waals surface area contributed by atoms with Gasteiger partial charge in [0.2, 0.25) is 0 Å². The van der Waals surface area contributed by atoms with Crippen LogP contribution < -0.4 is 10.5 Å².